The zero-order chi connectivity index (χ0) is 15.8. The number of carbonyl (C=O) groups excluding carboxylic acids is 2. The largest absolute Gasteiger partial charge is 0.480 e. The molecule has 2 bridgehead atoms. The summed E-state index contributed by atoms with van der Waals surface area (Å²) in [5, 5.41) is 9.50. The van der Waals surface area contributed by atoms with E-state index >= 15 is 0 Å². The molecule has 3 fully saturated rings. The summed E-state index contributed by atoms with van der Waals surface area (Å²) in [6.07, 6.45) is 5.64. The molecule has 1 N–H and O–H groups in total. The van der Waals surface area contributed by atoms with Crippen LogP contribution in [0.2, 0.25) is 0 Å². The van der Waals surface area contributed by atoms with Crippen LogP contribution in [-0.2, 0) is 14.4 Å². The highest BCUT2D eigenvalue weighted by Gasteiger charge is 2.67. The molecule has 0 spiro atoms. The van der Waals surface area contributed by atoms with Crippen LogP contribution < -0.4 is 0 Å². The second-order valence-corrected chi connectivity index (χ2v) is 7.68. The molecule has 0 aromatic rings. The molecule has 0 aromatic heterocycles. The van der Waals surface area contributed by atoms with Crippen molar-refractivity contribution in [2.24, 2.45) is 41.4 Å². The molecule has 1 aliphatic heterocycles. The number of amides is 2. The van der Waals surface area contributed by atoms with E-state index in [1.165, 1.54) is 0 Å². The highest BCUT2D eigenvalue weighted by molar-refractivity contribution is 6.08. The van der Waals surface area contributed by atoms with Gasteiger partial charge < -0.3 is 5.11 Å². The number of likely N-dealkylation sites (tertiary alicyclic amines) is 1. The maximum absolute atomic E-state index is 12.8. The lowest BCUT2D eigenvalue weighted by Gasteiger charge is -2.37. The molecule has 118 valence electrons. The van der Waals surface area contributed by atoms with Crippen LogP contribution in [0, 0.1) is 41.4 Å². The Kier molecular flexibility index (Phi) is 2.81. The van der Waals surface area contributed by atoms with Gasteiger partial charge in [0.2, 0.25) is 11.8 Å². The SMILES string of the molecule is CC(C)C[C@H](C(=O)O)N1C(=O)[C@@H]2[C@@H]3C=C[C@H]([C@H]4C[C@H]34)[C@@H]2C1=O. The minimum Gasteiger partial charge on any atom is -0.480 e. The van der Waals surface area contributed by atoms with Crippen LogP contribution in [0.4, 0.5) is 0 Å². The Morgan fingerprint density at radius 2 is 1.68 bits per heavy atom. The first-order valence-corrected chi connectivity index (χ1v) is 8.20. The summed E-state index contributed by atoms with van der Waals surface area (Å²) < 4.78 is 0. The van der Waals surface area contributed by atoms with E-state index < -0.39 is 12.0 Å². The smallest absolute Gasteiger partial charge is 0.326 e. The van der Waals surface area contributed by atoms with Gasteiger partial charge in [-0.05, 0) is 42.4 Å². The number of allylic oxidation sites excluding steroid dienone is 2. The zero-order valence-corrected chi connectivity index (χ0v) is 12.8. The summed E-state index contributed by atoms with van der Waals surface area (Å²) in [6, 6.07) is -1.01. The van der Waals surface area contributed by atoms with E-state index in [0.717, 1.165) is 11.3 Å². The van der Waals surface area contributed by atoms with Crippen LogP contribution in [0.25, 0.3) is 0 Å². The fourth-order valence-corrected chi connectivity index (χ4v) is 5.05. The molecule has 1 heterocycles. The highest BCUT2D eigenvalue weighted by Crippen LogP contribution is 2.65. The molecule has 22 heavy (non-hydrogen) atoms. The fourth-order valence-electron chi connectivity index (χ4n) is 5.05. The van der Waals surface area contributed by atoms with E-state index in [-0.39, 0.29) is 41.4 Å². The first kappa shape index (κ1) is 14.0. The summed E-state index contributed by atoms with van der Waals surface area (Å²) in [5.74, 6) is -0.666. The standard InChI is InChI=1S/C17H21NO4/c1-7(2)5-12(17(21)22)18-15(19)13-8-3-4-9(11-6-10(8)11)14(13)16(18)20/h3-4,7-14H,5-6H2,1-2H3,(H,21,22)/t8-,9-,10-,11-,12-,13-,14+/m1/s1. The van der Waals surface area contributed by atoms with Gasteiger partial charge in [-0.2, -0.15) is 0 Å². The van der Waals surface area contributed by atoms with Crippen molar-refractivity contribution < 1.29 is 19.5 Å². The number of carboxylic acids is 1. The van der Waals surface area contributed by atoms with Gasteiger partial charge in [0.1, 0.15) is 6.04 Å². The molecule has 5 rings (SSSR count). The summed E-state index contributed by atoms with van der Waals surface area (Å²) in [4.78, 5) is 38.4. The van der Waals surface area contributed by atoms with Gasteiger partial charge in [-0.25, -0.2) is 4.79 Å². The summed E-state index contributed by atoms with van der Waals surface area (Å²) in [5.41, 5.74) is 0. The highest BCUT2D eigenvalue weighted by atomic mass is 16.4. The number of hydrogen-bond acceptors (Lipinski definition) is 3. The van der Waals surface area contributed by atoms with Crippen LogP contribution in [0.5, 0.6) is 0 Å². The first-order chi connectivity index (χ1) is 10.4. The maximum atomic E-state index is 12.8. The van der Waals surface area contributed by atoms with E-state index in [1.807, 2.05) is 13.8 Å². The lowest BCUT2D eigenvalue weighted by atomic mass is 9.63. The number of rotatable bonds is 4. The minimum absolute atomic E-state index is 0.118. The first-order valence-electron chi connectivity index (χ1n) is 8.20. The molecule has 5 heteroatoms. The average molecular weight is 303 g/mol. The van der Waals surface area contributed by atoms with Gasteiger partial charge in [-0.3, -0.25) is 14.5 Å². The van der Waals surface area contributed by atoms with Gasteiger partial charge in [0, 0.05) is 0 Å². The Morgan fingerprint density at radius 3 is 2.09 bits per heavy atom. The summed E-state index contributed by atoms with van der Waals surface area (Å²) >= 11 is 0. The van der Waals surface area contributed by atoms with Crippen molar-refractivity contribution >= 4 is 17.8 Å². The molecule has 2 amide bonds. The molecular weight excluding hydrogens is 282 g/mol. The topological polar surface area (TPSA) is 74.7 Å². The Labute approximate surface area is 129 Å². The number of hydrogen-bond donors (Lipinski definition) is 1. The van der Waals surface area contributed by atoms with Crippen molar-refractivity contribution in [2.75, 3.05) is 0 Å². The third-order valence-electron chi connectivity index (χ3n) is 5.99. The van der Waals surface area contributed by atoms with Gasteiger partial charge in [0.15, 0.2) is 0 Å². The molecule has 0 aromatic carbocycles. The molecule has 4 aliphatic carbocycles. The Morgan fingerprint density at radius 1 is 1.18 bits per heavy atom. The summed E-state index contributed by atoms with van der Waals surface area (Å²) in [6.45, 7) is 3.82. The van der Waals surface area contributed by atoms with E-state index in [4.69, 9.17) is 0 Å². The van der Waals surface area contributed by atoms with Gasteiger partial charge in [-0.15, -0.1) is 0 Å². The normalized spacial score (nSPS) is 42.6. The maximum Gasteiger partial charge on any atom is 0.326 e. The molecule has 5 aliphatic rings. The zero-order valence-electron chi connectivity index (χ0n) is 12.8. The van der Waals surface area contributed by atoms with Crippen molar-refractivity contribution in [3.8, 4) is 0 Å². The van der Waals surface area contributed by atoms with Crippen molar-refractivity contribution in [3.63, 3.8) is 0 Å². The van der Waals surface area contributed by atoms with Crippen molar-refractivity contribution in [3.05, 3.63) is 12.2 Å². The van der Waals surface area contributed by atoms with Crippen molar-refractivity contribution in [1.29, 1.82) is 0 Å². The molecule has 7 atom stereocenters. The van der Waals surface area contributed by atoms with Crippen LogP contribution in [0.15, 0.2) is 12.2 Å². The minimum atomic E-state index is -1.07. The van der Waals surface area contributed by atoms with E-state index in [9.17, 15) is 19.5 Å². The van der Waals surface area contributed by atoms with E-state index in [1.54, 1.807) is 0 Å². The third kappa shape index (κ3) is 1.68. The second kappa shape index (κ2) is 4.43. The van der Waals surface area contributed by atoms with Crippen LogP contribution in [-0.4, -0.2) is 33.8 Å². The lowest BCUT2D eigenvalue weighted by molar-refractivity contribution is -0.155. The number of nitrogens with zero attached hydrogens (tertiary/aromatic N) is 1. The van der Waals surface area contributed by atoms with Crippen molar-refractivity contribution in [2.45, 2.75) is 32.7 Å². The predicted molar refractivity (Wildman–Crippen MR) is 77.4 cm³/mol. The number of carboxylic acid groups (broad SMARTS) is 1. The van der Waals surface area contributed by atoms with Gasteiger partial charge in [-0.1, -0.05) is 26.0 Å². The Balaban J connectivity index is 1.68. The number of aliphatic carboxylic acids is 1. The van der Waals surface area contributed by atoms with Gasteiger partial charge >= 0.3 is 5.97 Å². The van der Waals surface area contributed by atoms with Crippen LogP contribution >= 0.6 is 0 Å². The van der Waals surface area contributed by atoms with Crippen molar-refractivity contribution in [1.82, 2.24) is 4.90 Å². The molecular formula is C17H21NO4. The number of imide groups is 1. The quantitative estimate of drug-likeness (QED) is 0.631. The molecule has 5 nitrogen and oxygen atoms in total. The third-order valence-corrected chi connectivity index (χ3v) is 5.99. The predicted octanol–water partition coefficient (Wildman–Crippen LogP) is 1.54. The average Bonchev–Trinajstić information content (AvgIpc) is 3.22. The Hall–Kier alpha value is -1.65. The molecule has 1 saturated heterocycles. The molecule has 0 radical (unpaired) electrons. The van der Waals surface area contributed by atoms with E-state index in [2.05, 4.69) is 12.2 Å². The lowest BCUT2D eigenvalue weighted by Crippen LogP contribution is -2.46. The summed E-state index contributed by atoms with van der Waals surface area (Å²) in [7, 11) is 0. The monoisotopic (exact) mass is 303 g/mol. The fraction of sp³-hybridized carbons (Fsp3) is 0.706. The van der Waals surface area contributed by atoms with Gasteiger partial charge in [0.05, 0.1) is 11.8 Å². The molecule has 2 saturated carbocycles. The Bertz CT molecular complexity index is 559. The van der Waals surface area contributed by atoms with Gasteiger partial charge in [0.25, 0.3) is 0 Å². The van der Waals surface area contributed by atoms with E-state index in [0.29, 0.717) is 18.3 Å². The van der Waals surface area contributed by atoms with Crippen LogP contribution in [0.3, 0.4) is 0 Å². The number of carbonyl (C=O) groups is 3. The molecule has 0 unspecified atom stereocenters. The van der Waals surface area contributed by atoms with Crippen LogP contribution in [0.1, 0.15) is 26.7 Å². The second-order valence-electron chi connectivity index (χ2n) is 7.68.